The Balaban J connectivity index is 2.03. The quantitative estimate of drug-likeness (QED) is 0.912. The molecule has 1 atom stereocenters. The number of rotatable bonds is 4. The number of methoxy groups -OCH3 is 1. The topological polar surface area (TPSA) is 56.1 Å². The Kier molecular flexibility index (Phi) is 3.85. The lowest BCUT2D eigenvalue weighted by molar-refractivity contribution is 0.0940. The van der Waals surface area contributed by atoms with Crippen LogP contribution in [0.25, 0.3) is 0 Å². The third kappa shape index (κ3) is 3.13. The Hall–Kier alpha value is -2.30. The zero-order chi connectivity index (χ0) is 13.8. The molecule has 5 heteroatoms. The van der Waals surface area contributed by atoms with Crippen LogP contribution in [0, 0.1) is 0 Å². The molecular weight excluding hydrogens is 242 g/mol. The summed E-state index contributed by atoms with van der Waals surface area (Å²) >= 11 is 0. The van der Waals surface area contributed by atoms with Crippen molar-refractivity contribution < 1.29 is 9.53 Å². The summed E-state index contributed by atoms with van der Waals surface area (Å²) < 4.78 is 6.71. The summed E-state index contributed by atoms with van der Waals surface area (Å²) in [5.74, 6) is 0.672. The maximum Gasteiger partial charge on any atom is 0.254 e. The van der Waals surface area contributed by atoms with Crippen molar-refractivity contribution in [3.8, 4) is 5.75 Å². The van der Waals surface area contributed by atoms with E-state index in [1.165, 1.54) is 0 Å². The molecule has 0 bridgehead atoms. The van der Waals surface area contributed by atoms with E-state index in [0.29, 0.717) is 5.56 Å². The van der Waals surface area contributed by atoms with Crippen LogP contribution < -0.4 is 10.1 Å². The molecule has 1 aromatic heterocycles. The van der Waals surface area contributed by atoms with Crippen molar-refractivity contribution >= 4 is 5.91 Å². The first kappa shape index (κ1) is 13.1. The van der Waals surface area contributed by atoms with Crippen LogP contribution in [0.3, 0.4) is 0 Å². The molecule has 1 amide bonds. The van der Waals surface area contributed by atoms with E-state index in [9.17, 15) is 4.79 Å². The van der Waals surface area contributed by atoms with Crippen molar-refractivity contribution in [3.05, 3.63) is 47.8 Å². The smallest absolute Gasteiger partial charge is 0.254 e. The molecule has 19 heavy (non-hydrogen) atoms. The summed E-state index contributed by atoms with van der Waals surface area (Å²) in [5, 5.41) is 6.91. The third-order valence-electron chi connectivity index (χ3n) is 2.93. The molecule has 100 valence electrons. The van der Waals surface area contributed by atoms with Gasteiger partial charge in [-0.05, 0) is 24.6 Å². The van der Waals surface area contributed by atoms with E-state index >= 15 is 0 Å². The van der Waals surface area contributed by atoms with Gasteiger partial charge in [0, 0.05) is 13.2 Å². The zero-order valence-electron chi connectivity index (χ0n) is 11.3. The molecule has 5 nitrogen and oxygen atoms in total. The summed E-state index contributed by atoms with van der Waals surface area (Å²) in [7, 11) is 3.41. The fraction of sp³-hybridized carbons (Fsp3) is 0.286. The van der Waals surface area contributed by atoms with Crippen molar-refractivity contribution in [1.29, 1.82) is 0 Å². The molecule has 2 rings (SSSR count). The van der Waals surface area contributed by atoms with E-state index in [4.69, 9.17) is 4.74 Å². The van der Waals surface area contributed by atoms with Crippen molar-refractivity contribution in [2.75, 3.05) is 7.11 Å². The van der Waals surface area contributed by atoms with Crippen LogP contribution in [0.1, 0.15) is 28.9 Å². The molecule has 0 fully saturated rings. The van der Waals surface area contributed by atoms with Gasteiger partial charge in [0.05, 0.1) is 24.9 Å². The van der Waals surface area contributed by atoms with Gasteiger partial charge in [0.15, 0.2) is 0 Å². The van der Waals surface area contributed by atoms with Crippen LogP contribution in [0.5, 0.6) is 5.75 Å². The minimum atomic E-state index is -0.128. The van der Waals surface area contributed by atoms with E-state index < -0.39 is 0 Å². The lowest BCUT2D eigenvalue weighted by Crippen LogP contribution is -2.26. The first-order valence-corrected chi connectivity index (χ1v) is 6.03. The SMILES string of the molecule is COc1ccc([C@@H](C)NC(=O)c2cnn(C)c2)cc1. The van der Waals surface area contributed by atoms with Gasteiger partial charge < -0.3 is 10.1 Å². The maximum atomic E-state index is 12.0. The van der Waals surface area contributed by atoms with Gasteiger partial charge in [-0.2, -0.15) is 5.10 Å². The van der Waals surface area contributed by atoms with E-state index in [-0.39, 0.29) is 11.9 Å². The van der Waals surface area contributed by atoms with Crippen molar-refractivity contribution in [3.63, 3.8) is 0 Å². The first-order valence-electron chi connectivity index (χ1n) is 6.03. The molecule has 0 unspecified atom stereocenters. The van der Waals surface area contributed by atoms with Crippen LogP contribution in [0.2, 0.25) is 0 Å². The highest BCUT2D eigenvalue weighted by atomic mass is 16.5. The summed E-state index contributed by atoms with van der Waals surface area (Å²) in [5.41, 5.74) is 1.58. The minimum Gasteiger partial charge on any atom is -0.497 e. The average Bonchev–Trinajstić information content (AvgIpc) is 2.85. The van der Waals surface area contributed by atoms with Crippen molar-refractivity contribution in [1.82, 2.24) is 15.1 Å². The molecule has 0 saturated carbocycles. The van der Waals surface area contributed by atoms with Gasteiger partial charge in [0.1, 0.15) is 5.75 Å². The largest absolute Gasteiger partial charge is 0.497 e. The third-order valence-corrected chi connectivity index (χ3v) is 2.93. The minimum absolute atomic E-state index is 0.0707. The number of nitrogens with zero attached hydrogens (tertiary/aromatic N) is 2. The van der Waals surface area contributed by atoms with E-state index in [1.54, 1.807) is 31.2 Å². The van der Waals surface area contributed by atoms with Crippen LogP contribution in [0.15, 0.2) is 36.7 Å². The lowest BCUT2D eigenvalue weighted by atomic mass is 10.1. The summed E-state index contributed by atoms with van der Waals surface area (Å²) in [4.78, 5) is 12.0. The first-order chi connectivity index (χ1) is 9.10. The monoisotopic (exact) mass is 259 g/mol. The van der Waals surface area contributed by atoms with Crippen LogP contribution in [-0.4, -0.2) is 22.8 Å². The van der Waals surface area contributed by atoms with E-state index in [0.717, 1.165) is 11.3 Å². The standard InChI is InChI=1S/C14H17N3O2/c1-10(11-4-6-13(19-3)7-5-11)16-14(18)12-8-15-17(2)9-12/h4-10H,1-3H3,(H,16,18)/t10-/m1/s1. The molecule has 0 radical (unpaired) electrons. The predicted octanol–water partition coefficient (Wildman–Crippen LogP) is 1.92. The Morgan fingerprint density at radius 1 is 1.37 bits per heavy atom. The Labute approximate surface area is 112 Å². The summed E-state index contributed by atoms with van der Waals surface area (Å²) in [6.45, 7) is 1.94. The molecule has 1 aromatic carbocycles. The van der Waals surface area contributed by atoms with Gasteiger partial charge in [0.2, 0.25) is 0 Å². The highest BCUT2D eigenvalue weighted by molar-refractivity contribution is 5.93. The fourth-order valence-electron chi connectivity index (χ4n) is 1.79. The molecule has 2 aromatic rings. The van der Waals surface area contributed by atoms with Gasteiger partial charge in [0.25, 0.3) is 5.91 Å². The van der Waals surface area contributed by atoms with Crippen LogP contribution in [-0.2, 0) is 7.05 Å². The highest BCUT2D eigenvalue weighted by Crippen LogP contribution is 2.17. The summed E-state index contributed by atoms with van der Waals surface area (Å²) in [6.07, 6.45) is 3.24. The second-order valence-corrected chi connectivity index (χ2v) is 4.37. The predicted molar refractivity (Wildman–Crippen MR) is 72.1 cm³/mol. The number of aromatic nitrogens is 2. The molecule has 0 aliphatic carbocycles. The zero-order valence-corrected chi connectivity index (χ0v) is 11.3. The molecule has 1 heterocycles. The number of hydrogen-bond donors (Lipinski definition) is 1. The fourth-order valence-corrected chi connectivity index (χ4v) is 1.79. The second kappa shape index (κ2) is 5.56. The van der Waals surface area contributed by atoms with Crippen molar-refractivity contribution in [2.45, 2.75) is 13.0 Å². The number of carbonyl (C=O) groups excluding carboxylic acids is 1. The lowest BCUT2D eigenvalue weighted by Gasteiger charge is -2.14. The van der Waals surface area contributed by atoms with Crippen LogP contribution in [0.4, 0.5) is 0 Å². The van der Waals surface area contributed by atoms with Gasteiger partial charge in [-0.15, -0.1) is 0 Å². The molecule has 0 saturated heterocycles. The van der Waals surface area contributed by atoms with Crippen molar-refractivity contribution in [2.24, 2.45) is 7.05 Å². The number of ether oxygens (including phenoxy) is 1. The maximum absolute atomic E-state index is 12.0. The normalized spacial score (nSPS) is 11.9. The highest BCUT2D eigenvalue weighted by Gasteiger charge is 2.12. The average molecular weight is 259 g/mol. The van der Waals surface area contributed by atoms with E-state index in [2.05, 4.69) is 10.4 Å². The van der Waals surface area contributed by atoms with E-state index in [1.807, 2.05) is 31.2 Å². The van der Waals surface area contributed by atoms with Crippen LogP contribution >= 0.6 is 0 Å². The number of amides is 1. The van der Waals surface area contributed by atoms with Gasteiger partial charge in [-0.25, -0.2) is 0 Å². The molecule has 0 aliphatic heterocycles. The molecule has 0 aliphatic rings. The number of aryl methyl sites for hydroxylation is 1. The number of hydrogen-bond acceptors (Lipinski definition) is 3. The second-order valence-electron chi connectivity index (χ2n) is 4.37. The number of benzene rings is 1. The molecule has 1 N–H and O–H groups in total. The Morgan fingerprint density at radius 3 is 2.58 bits per heavy atom. The van der Waals surface area contributed by atoms with Gasteiger partial charge >= 0.3 is 0 Å². The Bertz CT molecular complexity index is 560. The summed E-state index contributed by atoms with van der Waals surface area (Å²) in [6, 6.07) is 7.56. The Morgan fingerprint density at radius 2 is 2.05 bits per heavy atom. The number of nitrogens with one attached hydrogen (secondary N) is 1. The van der Waals surface area contributed by atoms with Gasteiger partial charge in [-0.1, -0.05) is 12.1 Å². The van der Waals surface area contributed by atoms with Gasteiger partial charge in [-0.3, -0.25) is 9.48 Å². The number of carbonyl (C=O) groups is 1. The molecule has 0 spiro atoms. The molecular formula is C14H17N3O2.